The summed E-state index contributed by atoms with van der Waals surface area (Å²) in [5.41, 5.74) is 5.78. The first-order valence-electron chi connectivity index (χ1n) is 6.72. The molecule has 1 unspecified atom stereocenters. The van der Waals surface area contributed by atoms with Crippen molar-refractivity contribution in [3.8, 4) is 0 Å². The molecule has 1 rings (SSSR count). The molecule has 0 heterocycles. The second kappa shape index (κ2) is 7.42. The average molecular weight is 292 g/mol. The molecule has 0 spiro atoms. The first kappa shape index (κ1) is 16.7. The fourth-order valence-electron chi connectivity index (χ4n) is 1.94. The van der Waals surface area contributed by atoms with Crippen molar-refractivity contribution in [2.75, 3.05) is 6.54 Å². The largest absolute Gasteiger partial charge is 0.481 e. The van der Waals surface area contributed by atoms with Crippen molar-refractivity contribution in [2.24, 2.45) is 17.6 Å². The van der Waals surface area contributed by atoms with Crippen LogP contribution in [0.5, 0.6) is 0 Å². The van der Waals surface area contributed by atoms with Crippen LogP contribution >= 0.6 is 0 Å². The lowest BCUT2D eigenvalue weighted by atomic mass is 9.97. The summed E-state index contributed by atoms with van der Waals surface area (Å²) in [6, 6.07) is 5.88. The minimum absolute atomic E-state index is 0.0733. The van der Waals surface area contributed by atoms with Gasteiger partial charge in [-0.05, 0) is 36.6 Å². The molecule has 0 aliphatic rings. The van der Waals surface area contributed by atoms with Crippen molar-refractivity contribution < 1.29 is 19.5 Å². The molecule has 114 valence electrons. The number of carboxylic acid groups (broad SMARTS) is 1. The van der Waals surface area contributed by atoms with Crippen LogP contribution in [0.2, 0.25) is 0 Å². The lowest BCUT2D eigenvalue weighted by Crippen LogP contribution is -2.33. The van der Waals surface area contributed by atoms with E-state index in [0.29, 0.717) is 17.5 Å². The van der Waals surface area contributed by atoms with Crippen LogP contribution in [0.1, 0.15) is 41.0 Å². The lowest BCUT2D eigenvalue weighted by molar-refractivity contribution is -0.142. The highest BCUT2D eigenvalue weighted by Crippen LogP contribution is 2.11. The van der Waals surface area contributed by atoms with Gasteiger partial charge in [0.05, 0.1) is 5.92 Å². The fraction of sp³-hybridized carbons (Fsp3) is 0.400. The van der Waals surface area contributed by atoms with Crippen molar-refractivity contribution in [1.29, 1.82) is 0 Å². The second-order valence-corrected chi connectivity index (χ2v) is 5.32. The highest BCUT2D eigenvalue weighted by atomic mass is 16.4. The fourth-order valence-corrected chi connectivity index (χ4v) is 1.94. The number of primary amides is 1. The summed E-state index contributed by atoms with van der Waals surface area (Å²) in [6.07, 6.45) is 0.496. The maximum absolute atomic E-state index is 11.9. The van der Waals surface area contributed by atoms with Crippen molar-refractivity contribution in [3.05, 3.63) is 35.4 Å². The summed E-state index contributed by atoms with van der Waals surface area (Å²) >= 11 is 0. The third kappa shape index (κ3) is 5.25. The quantitative estimate of drug-likeness (QED) is 0.702. The van der Waals surface area contributed by atoms with Crippen LogP contribution in [-0.2, 0) is 4.79 Å². The molecule has 0 aliphatic carbocycles. The Labute approximate surface area is 123 Å². The Bertz CT molecular complexity index is 523. The Hall–Kier alpha value is -2.37. The van der Waals surface area contributed by atoms with Gasteiger partial charge in [-0.15, -0.1) is 0 Å². The molecule has 0 aromatic heterocycles. The molecule has 0 saturated heterocycles. The molecule has 0 saturated carbocycles. The van der Waals surface area contributed by atoms with Gasteiger partial charge in [0.1, 0.15) is 0 Å². The van der Waals surface area contributed by atoms with Crippen molar-refractivity contribution in [3.63, 3.8) is 0 Å². The van der Waals surface area contributed by atoms with E-state index in [1.807, 2.05) is 13.8 Å². The van der Waals surface area contributed by atoms with Gasteiger partial charge in [-0.25, -0.2) is 0 Å². The predicted molar refractivity (Wildman–Crippen MR) is 77.9 cm³/mol. The summed E-state index contributed by atoms with van der Waals surface area (Å²) in [4.78, 5) is 34.0. The van der Waals surface area contributed by atoms with Gasteiger partial charge in [0, 0.05) is 17.7 Å². The van der Waals surface area contributed by atoms with Crippen LogP contribution in [0, 0.1) is 11.8 Å². The highest BCUT2D eigenvalue weighted by molar-refractivity contribution is 5.97. The molecule has 2 amide bonds. The van der Waals surface area contributed by atoms with Crippen LogP contribution < -0.4 is 11.1 Å². The number of benzene rings is 1. The van der Waals surface area contributed by atoms with E-state index in [1.165, 1.54) is 24.3 Å². The van der Waals surface area contributed by atoms with Crippen LogP contribution in [0.4, 0.5) is 0 Å². The molecular formula is C15H20N2O4. The zero-order valence-corrected chi connectivity index (χ0v) is 12.1. The van der Waals surface area contributed by atoms with Gasteiger partial charge in [0.2, 0.25) is 5.91 Å². The third-order valence-electron chi connectivity index (χ3n) is 3.05. The molecular weight excluding hydrogens is 272 g/mol. The highest BCUT2D eigenvalue weighted by Gasteiger charge is 2.20. The Balaban J connectivity index is 2.63. The normalized spacial score (nSPS) is 12.0. The van der Waals surface area contributed by atoms with Crippen LogP contribution in [-0.4, -0.2) is 29.4 Å². The van der Waals surface area contributed by atoms with Crippen LogP contribution in [0.15, 0.2) is 24.3 Å². The number of nitrogens with one attached hydrogen (secondary N) is 1. The van der Waals surface area contributed by atoms with Gasteiger partial charge >= 0.3 is 5.97 Å². The minimum Gasteiger partial charge on any atom is -0.481 e. The van der Waals surface area contributed by atoms with E-state index in [1.54, 1.807) is 0 Å². The number of rotatable bonds is 7. The van der Waals surface area contributed by atoms with Crippen molar-refractivity contribution in [2.45, 2.75) is 20.3 Å². The van der Waals surface area contributed by atoms with E-state index in [4.69, 9.17) is 10.8 Å². The van der Waals surface area contributed by atoms with Gasteiger partial charge in [-0.2, -0.15) is 0 Å². The van der Waals surface area contributed by atoms with Crippen LogP contribution in [0.3, 0.4) is 0 Å². The molecule has 4 N–H and O–H groups in total. The first-order chi connectivity index (χ1) is 9.81. The zero-order valence-electron chi connectivity index (χ0n) is 12.1. The molecule has 0 fully saturated rings. The Kier molecular flexibility index (Phi) is 5.90. The van der Waals surface area contributed by atoms with Crippen molar-refractivity contribution >= 4 is 17.8 Å². The number of carbonyl (C=O) groups excluding carboxylic acids is 2. The monoisotopic (exact) mass is 292 g/mol. The van der Waals surface area contributed by atoms with Gasteiger partial charge in [-0.3, -0.25) is 14.4 Å². The van der Waals surface area contributed by atoms with E-state index in [2.05, 4.69) is 5.32 Å². The summed E-state index contributed by atoms with van der Waals surface area (Å²) in [5, 5.41) is 11.7. The zero-order chi connectivity index (χ0) is 16.0. The van der Waals surface area contributed by atoms with Crippen LogP contribution in [0.25, 0.3) is 0 Å². The molecule has 1 aromatic carbocycles. The molecule has 6 heteroatoms. The smallest absolute Gasteiger partial charge is 0.308 e. The van der Waals surface area contributed by atoms with E-state index in [9.17, 15) is 14.4 Å². The standard InChI is InChI=1S/C15H20N2O4/c1-9(2)7-12(15(20)21)8-17-14(19)11-5-3-10(4-6-11)13(16)18/h3-6,9,12H,7-8H2,1-2H3,(H2,16,18)(H,17,19)(H,20,21). The SMILES string of the molecule is CC(C)CC(CNC(=O)c1ccc(C(N)=O)cc1)C(=O)O. The topological polar surface area (TPSA) is 109 Å². The number of hydrogen-bond donors (Lipinski definition) is 3. The molecule has 0 radical (unpaired) electrons. The molecule has 0 aliphatic heterocycles. The van der Waals surface area contributed by atoms with Gasteiger partial charge < -0.3 is 16.2 Å². The number of hydrogen-bond acceptors (Lipinski definition) is 3. The third-order valence-corrected chi connectivity index (χ3v) is 3.05. The summed E-state index contributed by atoms with van der Waals surface area (Å²) in [6.45, 7) is 3.94. The number of amides is 2. The Morgan fingerprint density at radius 1 is 1.14 bits per heavy atom. The summed E-state index contributed by atoms with van der Waals surface area (Å²) in [5.74, 6) is -2.24. The summed E-state index contributed by atoms with van der Waals surface area (Å²) in [7, 11) is 0. The average Bonchev–Trinajstić information content (AvgIpc) is 2.42. The molecule has 21 heavy (non-hydrogen) atoms. The van der Waals surface area contributed by atoms with Gasteiger partial charge in [0.15, 0.2) is 0 Å². The Morgan fingerprint density at radius 2 is 1.67 bits per heavy atom. The van der Waals surface area contributed by atoms with E-state index < -0.39 is 17.8 Å². The predicted octanol–water partition coefficient (Wildman–Crippen LogP) is 1.26. The molecule has 1 atom stereocenters. The van der Waals surface area contributed by atoms with Gasteiger partial charge in [-0.1, -0.05) is 13.8 Å². The lowest BCUT2D eigenvalue weighted by Gasteiger charge is -2.15. The minimum atomic E-state index is -0.923. The molecule has 0 bridgehead atoms. The summed E-state index contributed by atoms with van der Waals surface area (Å²) < 4.78 is 0. The maximum Gasteiger partial charge on any atom is 0.308 e. The number of nitrogens with two attached hydrogens (primary N) is 1. The van der Waals surface area contributed by atoms with E-state index in [-0.39, 0.29) is 18.4 Å². The number of aliphatic carboxylic acids is 1. The second-order valence-electron chi connectivity index (χ2n) is 5.32. The van der Waals surface area contributed by atoms with Crippen molar-refractivity contribution in [1.82, 2.24) is 5.32 Å². The van der Waals surface area contributed by atoms with Gasteiger partial charge in [0.25, 0.3) is 5.91 Å². The van der Waals surface area contributed by atoms with E-state index >= 15 is 0 Å². The molecule has 1 aromatic rings. The first-order valence-corrected chi connectivity index (χ1v) is 6.72. The van der Waals surface area contributed by atoms with E-state index in [0.717, 1.165) is 0 Å². The maximum atomic E-state index is 11.9. The number of carbonyl (C=O) groups is 3. The molecule has 6 nitrogen and oxygen atoms in total. The number of carboxylic acids is 1. The Morgan fingerprint density at radius 3 is 2.10 bits per heavy atom.